The highest BCUT2D eigenvalue weighted by molar-refractivity contribution is 5.67. The number of hydrogen-bond donors (Lipinski definition) is 1. The lowest BCUT2D eigenvalue weighted by atomic mass is 10.1. The summed E-state index contributed by atoms with van der Waals surface area (Å²) in [6.07, 6.45) is 0.517. The summed E-state index contributed by atoms with van der Waals surface area (Å²) in [4.78, 5) is 10.4. The molecule has 1 heterocycles. The molecule has 0 amide bonds. The molecule has 0 atom stereocenters. The van der Waals surface area contributed by atoms with Gasteiger partial charge in [0.15, 0.2) is 5.79 Å². The van der Waals surface area contributed by atoms with Crippen LogP contribution in [0.15, 0.2) is 0 Å². The number of rotatable bonds is 3. The normalized spacial score (nSPS) is 21.9. The van der Waals surface area contributed by atoms with Gasteiger partial charge >= 0.3 is 5.97 Å². The Kier molecular flexibility index (Phi) is 2.46. The lowest BCUT2D eigenvalue weighted by Crippen LogP contribution is -2.32. The van der Waals surface area contributed by atoms with E-state index in [1.807, 2.05) is 6.92 Å². The summed E-state index contributed by atoms with van der Waals surface area (Å²) in [7, 11) is 0. The second-order valence-corrected chi connectivity index (χ2v) is 2.53. The van der Waals surface area contributed by atoms with Crippen molar-refractivity contribution in [1.82, 2.24) is 0 Å². The first-order valence-corrected chi connectivity index (χ1v) is 3.68. The number of aliphatic carboxylic acids is 1. The van der Waals surface area contributed by atoms with Crippen LogP contribution in [0.5, 0.6) is 0 Å². The lowest BCUT2D eigenvalue weighted by molar-refractivity contribution is -0.180. The van der Waals surface area contributed by atoms with Crippen LogP contribution < -0.4 is 0 Å². The molecule has 0 aromatic rings. The first-order chi connectivity index (χ1) is 5.18. The van der Waals surface area contributed by atoms with E-state index in [1.165, 1.54) is 0 Å². The molecule has 4 nitrogen and oxygen atoms in total. The molecular formula is C7H12O4. The quantitative estimate of drug-likeness (QED) is 0.657. The van der Waals surface area contributed by atoms with Crippen LogP contribution in [0.1, 0.15) is 19.8 Å². The van der Waals surface area contributed by atoms with Gasteiger partial charge in [-0.3, -0.25) is 4.79 Å². The summed E-state index contributed by atoms with van der Waals surface area (Å²) in [5.41, 5.74) is 0. The van der Waals surface area contributed by atoms with Crippen molar-refractivity contribution in [3.63, 3.8) is 0 Å². The Bertz CT molecular complexity index is 149. The molecule has 0 radical (unpaired) electrons. The average Bonchev–Trinajstić information content (AvgIpc) is 2.36. The number of ether oxygens (including phenoxy) is 2. The number of carbonyl (C=O) groups is 1. The molecule has 0 aromatic carbocycles. The largest absolute Gasteiger partial charge is 0.481 e. The van der Waals surface area contributed by atoms with E-state index < -0.39 is 11.8 Å². The maximum Gasteiger partial charge on any atom is 0.308 e. The van der Waals surface area contributed by atoms with Crippen LogP contribution in [0.25, 0.3) is 0 Å². The van der Waals surface area contributed by atoms with Crippen molar-refractivity contribution < 1.29 is 19.4 Å². The smallest absolute Gasteiger partial charge is 0.308 e. The van der Waals surface area contributed by atoms with E-state index in [0.717, 1.165) is 0 Å². The molecule has 0 aliphatic carbocycles. The number of hydrogen-bond acceptors (Lipinski definition) is 3. The summed E-state index contributed by atoms with van der Waals surface area (Å²) >= 11 is 0. The molecule has 64 valence electrons. The van der Waals surface area contributed by atoms with E-state index >= 15 is 0 Å². The first-order valence-electron chi connectivity index (χ1n) is 3.68. The molecule has 1 aliphatic heterocycles. The lowest BCUT2D eigenvalue weighted by Gasteiger charge is -2.23. The van der Waals surface area contributed by atoms with Gasteiger partial charge in [0.2, 0.25) is 0 Å². The summed E-state index contributed by atoms with van der Waals surface area (Å²) in [6.45, 7) is 2.86. The second-order valence-electron chi connectivity index (χ2n) is 2.53. The molecule has 0 aromatic heterocycles. The second kappa shape index (κ2) is 3.19. The van der Waals surface area contributed by atoms with Crippen molar-refractivity contribution in [3.8, 4) is 0 Å². The van der Waals surface area contributed by atoms with E-state index in [9.17, 15) is 4.79 Å². The van der Waals surface area contributed by atoms with Gasteiger partial charge in [0.05, 0.1) is 19.6 Å². The van der Waals surface area contributed by atoms with Gasteiger partial charge in [0.25, 0.3) is 0 Å². The molecule has 1 fully saturated rings. The van der Waals surface area contributed by atoms with Gasteiger partial charge in [-0.2, -0.15) is 0 Å². The molecule has 1 N–H and O–H groups in total. The standard InChI is InChI=1S/C7H12O4/c1-2-7(5-6(8)9)10-3-4-11-7/h2-5H2,1H3,(H,8,9). The van der Waals surface area contributed by atoms with Crippen LogP contribution in [0.2, 0.25) is 0 Å². The fourth-order valence-electron chi connectivity index (χ4n) is 1.16. The minimum absolute atomic E-state index is 0.0660. The van der Waals surface area contributed by atoms with Crippen LogP contribution in [-0.2, 0) is 14.3 Å². The van der Waals surface area contributed by atoms with Crippen LogP contribution >= 0.6 is 0 Å². The fourth-order valence-corrected chi connectivity index (χ4v) is 1.16. The molecule has 1 aliphatic rings. The molecule has 4 heteroatoms. The summed E-state index contributed by atoms with van der Waals surface area (Å²) in [6, 6.07) is 0. The van der Waals surface area contributed by atoms with Crippen molar-refractivity contribution in [3.05, 3.63) is 0 Å². The predicted molar refractivity (Wildman–Crippen MR) is 37.2 cm³/mol. The zero-order valence-electron chi connectivity index (χ0n) is 6.50. The van der Waals surface area contributed by atoms with Crippen molar-refractivity contribution in [1.29, 1.82) is 0 Å². The van der Waals surface area contributed by atoms with Gasteiger partial charge in [-0.1, -0.05) is 6.92 Å². The van der Waals surface area contributed by atoms with Crippen LogP contribution in [0.3, 0.4) is 0 Å². The maximum absolute atomic E-state index is 10.4. The van der Waals surface area contributed by atoms with Gasteiger partial charge in [0.1, 0.15) is 0 Å². The van der Waals surface area contributed by atoms with E-state index in [0.29, 0.717) is 19.6 Å². The van der Waals surface area contributed by atoms with Gasteiger partial charge < -0.3 is 14.6 Å². The molecule has 0 saturated carbocycles. The first kappa shape index (κ1) is 8.49. The summed E-state index contributed by atoms with van der Waals surface area (Å²) in [5, 5.41) is 8.51. The van der Waals surface area contributed by atoms with Gasteiger partial charge in [-0.15, -0.1) is 0 Å². The molecule has 11 heavy (non-hydrogen) atoms. The Balaban J connectivity index is 2.52. The third kappa shape index (κ3) is 1.91. The highest BCUT2D eigenvalue weighted by Gasteiger charge is 2.36. The monoisotopic (exact) mass is 160 g/mol. The zero-order chi connectivity index (χ0) is 8.32. The topological polar surface area (TPSA) is 55.8 Å². The minimum Gasteiger partial charge on any atom is -0.481 e. The fraction of sp³-hybridized carbons (Fsp3) is 0.857. The molecular weight excluding hydrogens is 148 g/mol. The van der Waals surface area contributed by atoms with Crippen LogP contribution in [-0.4, -0.2) is 30.1 Å². The highest BCUT2D eigenvalue weighted by atomic mass is 16.7. The minimum atomic E-state index is -0.881. The summed E-state index contributed by atoms with van der Waals surface area (Å²) in [5.74, 6) is -1.72. The Labute approximate surface area is 65.1 Å². The highest BCUT2D eigenvalue weighted by Crippen LogP contribution is 2.26. The predicted octanol–water partition coefficient (Wildman–Crippen LogP) is 0.614. The number of carboxylic acid groups (broad SMARTS) is 1. The Morgan fingerprint density at radius 2 is 2.09 bits per heavy atom. The maximum atomic E-state index is 10.4. The van der Waals surface area contributed by atoms with E-state index in [2.05, 4.69) is 0 Å². The molecule has 0 unspecified atom stereocenters. The van der Waals surface area contributed by atoms with E-state index in [-0.39, 0.29) is 6.42 Å². The van der Waals surface area contributed by atoms with E-state index in [1.54, 1.807) is 0 Å². The van der Waals surface area contributed by atoms with Crippen molar-refractivity contribution in [2.45, 2.75) is 25.6 Å². The molecule has 0 bridgehead atoms. The number of carboxylic acids is 1. The van der Waals surface area contributed by atoms with Crippen LogP contribution in [0, 0.1) is 0 Å². The van der Waals surface area contributed by atoms with Gasteiger partial charge in [-0.25, -0.2) is 0 Å². The van der Waals surface area contributed by atoms with Crippen molar-refractivity contribution >= 4 is 5.97 Å². The van der Waals surface area contributed by atoms with Gasteiger partial charge in [-0.05, 0) is 6.42 Å². The third-order valence-electron chi connectivity index (χ3n) is 1.77. The summed E-state index contributed by atoms with van der Waals surface area (Å²) < 4.78 is 10.4. The Hall–Kier alpha value is -0.610. The van der Waals surface area contributed by atoms with Crippen molar-refractivity contribution in [2.75, 3.05) is 13.2 Å². The van der Waals surface area contributed by atoms with Crippen LogP contribution in [0.4, 0.5) is 0 Å². The van der Waals surface area contributed by atoms with Crippen molar-refractivity contribution in [2.24, 2.45) is 0 Å². The molecule has 0 spiro atoms. The Morgan fingerprint density at radius 1 is 1.55 bits per heavy atom. The molecule has 1 rings (SSSR count). The molecule has 1 saturated heterocycles. The average molecular weight is 160 g/mol. The van der Waals surface area contributed by atoms with Gasteiger partial charge in [0, 0.05) is 0 Å². The Morgan fingerprint density at radius 3 is 2.45 bits per heavy atom. The SMILES string of the molecule is CCC1(CC(=O)O)OCCO1. The third-order valence-corrected chi connectivity index (χ3v) is 1.77. The van der Waals surface area contributed by atoms with E-state index in [4.69, 9.17) is 14.6 Å². The zero-order valence-corrected chi connectivity index (χ0v) is 6.50.